The number of ether oxygens (including phenoxy) is 1. The fourth-order valence-electron chi connectivity index (χ4n) is 3.64. The summed E-state index contributed by atoms with van der Waals surface area (Å²) >= 11 is 0. The van der Waals surface area contributed by atoms with Crippen LogP contribution in [0.5, 0.6) is 5.75 Å². The van der Waals surface area contributed by atoms with Crippen molar-refractivity contribution in [2.24, 2.45) is 0 Å². The smallest absolute Gasteiger partial charge is 0.429 e. The Kier molecular flexibility index (Phi) is 7.40. The lowest BCUT2D eigenvalue weighted by atomic mass is 10.0. The lowest BCUT2D eigenvalue weighted by Crippen LogP contribution is -2.25. The van der Waals surface area contributed by atoms with Gasteiger partial charge in [0.05, 0.1) is 0 Å². The van der Waals surface area contributed by atoms with E-state index in [1.165, 1.54) is 0 Å². The summed E-state index contributed by atoms with van der Waals surface area (Å²) in [6.07, 6.45) is -7.27. The van der Waals surface area contributed by atoms with E-state index in [4.69, 9.17) is 0 Å². The fraction of sp³-hybridized carbons (Fsp3) is 0.0370. The molecule has 0 saturated carbocycles. The number of hydrogen-bond donors (Lipinski definition) is 0. The molecule has 39 heavy (non-hydrogen) atoms. The van der Waals surface area contributed by atoms with Crippen LogP contribution in [0.15, 0.2) is 72.8 Å². The molecule has 0 heterocycles. The van der Waals surface area contributed by atoms with Crippen LogP contribution in [0.4, 0.5) is 48.3 Å². The van der Waals surface area contributed by atoms with Gasteiger partial charge in [-0.1, -0.05) is 24.3 Å². The quantitative estimate of drug-likeness (QED) is 0.169. The van der Waals surface area contributed by atoms with Gasteiger partial charge in [-0.3, -0.25) is 0 Å². The molecular formula is C27H11F11O. The highest BCUT2D eigenvalue weighted by atomic mass is 19.3. The highest BCUT2D eigenvalue weighted by Crippen LogP contribution is 2.38. The maximum Gasteiger partial charge on any atom is 0.432 e. The standard InChI is InChI=1S/C27H11F11O/c28-18-11-16(5-6-17(18)15-9-21(31)25(34)22(32)10-15)39-27(37,38)23-19(29)7-14(8-20(23)30)12-1-3-13(4-2-12)24(33)26(35)36/h1-11H. The molecule has 12 heteroatoms. The third-order valence-corrected chi connectivity index (χ3v) is 5.45. The Morgan fingerprint density at radius 2 is 1.10 bits per heavy atom. The summed E-state index contributed by atoms with van der Waals surface area (Å²) in [5, 5.41) is 0. The van der Waals surface area contributed by atoms with E-state index in [0.717, 1.165) is 36.4 Å². The van der Waals surface area contributed by atoms with E-state index < -0.39 is 80.9 Å². The lowest BCUT2D eigenvalue weighted by molar-refractivity contribution is -0.189. The summed E-state index contributed by atoms with van der Waals surface area (Å²) in [7, 11) is 0. The van der Waals surface area contributed by atoms with Crippen molar-refractivity contribution in [2.45, 2.75) is 6.11 Å². The molecule has 4 aromatic carbocycles. The van der Waals surface area contributed by atoms with Crippen LogP contribution < -0.4 is 4.74 Å². The summed E-state index contributed by atoms with van der Waals surface area (Å²) in [6, 6.07) is 7.63. The summed E-state index contributed by atoms with van der Waals surface area (Å²) in [4.78, 5) is 0. The second-order valence-corrected chi connectivity index (χ2v) is 7.98. The molecule has 0 bridgehead atoms. The second kappa shape index (κ2) is 10.4. The van der Waals surface area contributed by atoms with E-state index in [0.29, 0.717) is 30.3 Å². The zero-order valence-corrected chi connectivity index (χ0v) is 18.9. The minimum absolute atomic E-state index is 0.0225. The van der Waals surface area contributed by atoms with E-state index in [9.17, 15) is 48.3 Å². The van der Waals surface area contributed by atoms with Gasteiger partial charge >= 0.3 is 12.2 Å². The van der Waals surface area contributed by atoms with E-state index in [-0.39, 0.29) is 11.1 Å². The van der Waals surface area contributed by atoms with E-state index in [1.807, 2.05) is 0 Å². The van der Waals surface area contributed by atoms with Crippen LogP contribution in [0.25, 0.3) is 28.1 Å². The zero-order chi connectivity index (χ0) is 28.6. The summed E-state index contributed by atoms with van der Waals surface area (Å²) < 4.78 is 156. The zero-order valence-electron chi connectivity index (χ0n) is 18.9. The highest BCUT2D eigenvalue weighted by Gasteiger charge is 2.41. The molecule has 0 spiro atoms. The van der Waals surface area contributed by atoms with Gasteiger partial charge in [0.1, 0.15) is 28.8 Å². The predicted octanol–water partition coefficient (Wildman–Crippen LogP) is 9.52. The molecule has 0 N–H and O–H groups in total. The van der Waals surface area contributed by atoms with Crippen LogP contribution in [0, 0.1) is 34.9 Å². The molecule has 0 amide bonds. The monoisotopic (exact) mass is 560 g/mol. The second-order valence-electron chi connectivity index (χ2n) is 7.98. The molecule has 0 aliphatic rings. The molecule has 202 valence electrons. The average Bonchev–Trinajstić information content (AvgIpc) is 2.85. The molecule has 0 radical (unpaired) electrons. The maximum atomic E-state index is 14.7. The van der Waals surface area contributed by atoms with Crippen LogP contribution in [0.3, 0.4) is 0 Å². The number of benzene rings is 4. The van der Waals surface area contributed by atoms with Crippen molar-refractivity contribution in [2.75, 3.05) is 0 Å². The van der Waals surface area contributed by atoms with Gasteiger partial charge in [-0.05, 0) is 53.1 Å². The molecule has 0 saturated heterocycles. The van der Waals surface area contributed by atoms with Gasteiger partial charge in [0.2, 0.25) is 0 Å². The van der Waals surface area contributed by atoms with E-state index in [1.54, 1.807) is 0 Å². The number of rotatable bonds is 6. The van der Waals surface area contributed by atoms with Gasteiger partial charge in [0, 0.05) is 17.2 Å². The number of alkyl halides is 2. The predicted molar refractivity (Wildman–Crippen MR) is 118 cm³/mol. The summed E-state index contributed by atoms with van der Waals surface area (Å²) in [5.41, 5.74) is -3.66. The molecule has 4 aromatic rings. The molecule has 0 aromatic heterocycles. The molecule has 1 nitrogen and oxygen atoms in total. The first-order valence-electron chi connectivity index (χ1n) is 10.6. The van der Waals surface area contributed by atoms with Gasteiger partial charge in [-0.2, -0.15) is 17.6 Å². The minimum atomic E-state index is -4.69. The molecule has 0 aliphatic heterocycles. The Hall–Kier alpha value is -4.35. The van der Waals surface area contributed by atoms with Crippen LogP contribution in [-0.2, 0) is 6.11 Å². The van der Waals surface area contributed by atoms with Gasteiger partial charge in [0.25, 0.3) is 0 Å². The lowest BCUT2D eigenvalue weighted by Gasteiger charge is -2.20. The molecule has 4 rings (SSSR count). The fourth-order valence-corrected chi connectivity index (χ4v) is 3.64. The van der Waals surface area contributed by atoms with Crippen LogP contribution >= 0.6 is 0 Å². The van der Waals surface area contributed by atoms with Crippen molar-refractivity contribution in [3.05, 3.63) is 119 Å². The topological polar surface area (TPSA) is 9.23 Å². The van der Waals surface area contributed by atoms with Crippen molar-refractivity contribution < 1.29 is 53.0 Å². The van der Waals surface area contributed by atoms with E-state index >= 15 is 0 Å². The average molecular weight is 560 g/mol. The third-order valence-electron chi connectivity index (χ3n) is 5.45. The van der Waals surface area contributed by atoms with E-state index in [2.05, 4.69) is 4.74 Å². The molecule has 0 aliphatic carbocycles. The van der Waals surface area contributed by atoms with Crippen molar-refractivity contribution >= 4 is 5.83 Å². The highest BCUT2D eigenvalue weighted by molar-refractivity contribution is 5.69. The van der Waals surface area contributed by atoms with Crippen LogP contribution in [0.2, 0.25) is 0 Å². The van der Waals surface area contributed by atoms with Crippen molar-refractivity contribution in [1.82, 2.24) is 0 Å². The number of hydrogen-bond acceptors (Lipinski definition) is 1. The van der Waals surface area contributed by atoms with Crippen molar-refractivity contribution in [1.29, 1.82) is 0 Å². The summed E-state index contributed by atoms with van der Waals surface area (Å²) in [5.74, 6) is -12.7. The maximum absolute atomic E-state index is 14.7. The Morgan fingerprint density at radius 1 is 0.564 bits per heavy atom. The van der Waals surface area contributed by atoms with Crippen molar-refractivity contribution in [3.8, 4) is 28.0 Å². The first-order valence-corrected chi connectivity index (χ1v) is 10.6. The molecule has 0 fully saturated rings. The Morgan fingerprint density at radius 3 is 1.62 bits per heavy atom. The normalized spacial score (nSPS) is 11.5. The van der Waals surface area contributed by atoms with Crippen LogP contribution in [0.1, 0.15) is 11.1 Å². The third kappa shape index (κ3) is 5.59. The molecule has 0 atom stereocenters. The minimum Gasteiger partial charge on any atom is -0.429 e. The first-order chi connectivity index (χ1) is 18.3. The van der Waals surface area contributed by atoms with Gasteiger partial charge in [-0.15, -0.1) is 0 Å². The first kappa shape index (κ1) is 27.7. The summed E-state index contributed by atoms with van der Waals surface area (Å²) in [6.45, 7) is 0. The van der Waals surface area contributed by atoms with Crippen LogP contribution in [-0.4, -0.2) is 0 Å². The van der Waals surface area contributed by atoms with Gasteiger partial charge < -0.3 is 4.74 Å². The Labute approximate surface area is 212 Å². The van der Waals surface area contributed by atoms with Gasteiger partial charge in [-0.25, -0.2) is 30.7 Å². The van der Waals surface area contributed by atoms with Gasteiger partial charge in [0.15, 0.2) is 23.3 Å². The number of halogens is 11. The largest absolute Gasteiger partial charge is 0.432 e. The molecule has 0 unspecified atom stereocenters. The SMILES string of the molecule is FC(F)=C(F)c1ccc(-c2cc(F)c(C(F)(F)Oc3ccc(-c4cc(F)c(F)c(F)c4)c(F)c3)c(F)c2)cc1. The van der Waals surface area contributed by atoms with Crippen molar-refractivity contribution in [3.63, 3.8) is 0 Å². The Balaban J connectivity index is 1.61. The Bertz CT molecular complexity index is 1540. The molecular weight excluding hydrogens is 549 g/mol.